The fourth-order valence-corrected chi connectivity index (χ4v) is 3.79. The number of hydrogen-bond donors (Lipinski definition) is 2. The topological polar surface area (TPSA) is 94.9 Å². The molecule has 2 N–H and O–H groups in total. The van der Waals surface area contributed by atoms with Crippen molar-refractivity contribution >= 4 is 16.0 Å². The molecule has 0 radical (unpaired) electrons. The third-order valence-corrected chi connectivity index (χ3v) is 5.17. The number of rotatable bonds is 9. The second-order valence-electron chi connectivity index (χ2n) is 4.59. The van der Waals surface area contributed by atoms with Crippen molar-refractivity contribution in [3.8, 4) is 0 Å². The quantitative estimate of drug-likeness (QED) is 0.637. The van der Waals surface area contributed by atoms with Crippen LogP contribution >= 0.6 is 0 Å². The molecule has 0 unspecified atom stereocenters. The SMILES string of the molecule is O=C(O)CCCS(=O)(=O)N(CCCO)C1CCC1. The lowest BCUT2D eigenvalue weighted by molar-refractivity contribution is -0.137. The van der Waals surface area contributed by atoms with E-state index in [1.165, 1.54) is 4.31 Å². The maximum absolute atomic E-state index is 12.1. The van der Waals surface area contributed by atoms with E-state index in [0.717, 1.165) is 19.3 Å². The zero-order chi connectivity index (χ0) is 13.6. The summed E-state index contributed by atoms with van der Waals surface area (Å²) in [5.74, 6) is -1.10. The average Bonchev–Trinajstić information content (AvgIpc) is 2.20. The highest BCUT2D eigenvalue weighted by molar-refractivity contribution is 7.89. The number of sulfonamides is 1. The van der Waals surface area contributed by atoms with Gasteiger partial charge in [-0.3, -0.25) is 4.79 Å². The van der Waals surface area contributed by atoms with Crippen LogP contribution < -0.4 is 0 Å². The molecule has 1 fully saturated rings. The van der Waals surface area contributed by atoms with Gasteiger partial charge in [0, 0.05) is 25.6 Å². The Morgan fingerprint density at radius 1 is 1.28 bits per heavy atom. The van der Waals surface area contributed by atoms with Gasteiger partial charge < -0.3 is 10.2 Å². The summed E-state index contributed by atoms with van der Waals surface area (Å²) in [4.78, 5) is 10.4. The van der Waals surface area contributed by atoms with Gasteiger partial charge in [0.2, 0.25) is 10.0 Å². The largest absolute Gasteiger partial charge is 0.481 e. The van der Waals surface area contributed by atoms with Crippen molar-refractivity contribution in [1.82, 2.24) is 4.31 Å². The Kier molecular flexibility index (Phi) is 6.04. The third kappa shape index (κ3) is 4.55. The first-order chi connectivity index (χ1) is 8.47. The van der Waals surface area contributed by atoms with Crippen molar-refractivity contribution in [1.29, 1.82) is 0 Å². The van der Waals surface area contributed by atoms with E-state index < -0.39 is 16.0 Å². The van der Waals surface area contributed by atoms with Gasteiger partial charge in [-0.15, -0.1) is 0 Å². The molecule has 0 spiro atoms. The molecule has 0 heterocycles. The Morgan fingerprint density at radius 2 is 1.94 bits per heavy atom. The molecule has 0 aliphatic heterocycles. The minimum Gasteiger partial charge on any atom is -0.481 e. The predicted octanol–water partition coefficient (Wildman–Crippen LogP) is 0.418. The molecule has 106 valence electrons. The maximum Gasteiger partial charge on any atom is 0.303 e. The molecule has 0 saturated heterocycles. The summed E-state index contributed by atoms with van der Waals surface area (Å²) in [5, 5.41) is 17.3. The Morgan fingerprint density at radius 3 is 2.39 bits per heavy atom. The normalized spacial score (nSPS) is 16.8. The minimum absolute atomic E-state index is 0.0339. The van der Waals surface area contributed by atoms with E-state index in [9.17, 15) is 13.2 Å². The maximum atomic E-state index is 12.1. The summed E-state index contributed by atoms with van der Waals surface area (Å²) in [6, 6.07) is 0.0476. The van der Waals surface area contributed by atoms with Crippen molar-refractivity contribution < 1.29 is 23.4 Å². The first-order valence-corrected chi connectivity index (χ1v) is 7.90. The van der Waals surface area contributed by atoms with E-state index in [1.807, 2.05) is 0 Å². The second-order valence-corrected chi connectivity index (χ2v) is 6.63. The molecule has 6 nitrogen and oxygen atoms in total. The number of aliphatic hydroxyl groups excluding tert-OH is 1. The lowest BCUT2D eigenvalue weighted by Crippen LogP contribution is -2.45. The summed E-state index contributed by atoms with van der Waals surface area (Å²) in [6.45, 7) is 0.296. The van der Waals surface area contributed by atoms with Crippen LogP contribution in [0, 0.1) is 0 Å². The number of nitrogens with zero attached hydrogens (tertiary/aromatic N) is 1. The van der Waals surface area contributed by atoms with Crippen molar-refractivity contribution in [3.05, 3.63) is 0 Å². The van der Waals surface area contributed by atoms with Crippen LogP contribution in [0.5, 0.6) is 0 Å². The summed E-state index contributed by atoms with van der Waals surface area (Å²) in [7, 11) is -3.39. The van der Waals surface area contributed by atoms with Gasteiger partial charge in [-0.1, -0.05) is 6.42 Å². The summed E-state index contributed by atoms with van der Waals surface area (Å²) < 4.78 is 25.7. The molecule has 1 aliphatic carbocycles. The molecule has 1 saturated carbocycles. The van der Waals surface area contributed by atoms with Crippen LogP contribution in [0.25, 0.3) is 0 Å². The Hall–Kier alpha value is -0.660. The average molecular weight is 279 g/mol. The molecular weight excluding hydrogens is 258 g/mol. The van der Waals surface area contributed by atoms with Gasteiger partial charge in [0.25, 0.3) is 0 Å². The third-order valence-electron chi connectivity index (χ3n) is 3.17. The van der Waals surface area contributed by atoms with Crippen LogP contribution in [0.1, 0.15) is 38.5 Å². The van der Waals surface area contributed by atoms with Gasteiger partial charge in [-0.2, -0.15) is 4.31 Å². The van der Waals surface area contributed by atoms with Gasteiger partial charge in [-0.25, -0.2) is 8.42 Å². The lowest BCUT2D eigenvalue weighted by atomic mass is 9.93. The number of hydrogen-bond acceptors (Lipinski definition) is 4. The summed E-state index contributed by atoms with van der Waals surface area (Å²) >= 11 is 0. The monoisotopic (exact) mass is 279 g/mol. The number of carboxylic acid groups (broad SMARTS) is 1. The van der Waals surface area contributed by atoms with Crippen molar-refractivity contribution in [2.24, 2.45) is 0 Å². The van der Waals surface area contributed by atoms with Crippen LogP contribution in [0.15, 0.2) is 0 Å². The van der Waals surface area contributed by atoms with Crippen LogP contribution in [-0.4, -0.2) is 53.9 Å². The minimum atomic E-state index is -3.39. The molecule has 0 amide bonds. The van der Waals surface area contributed by atoms with Gasteiger partial charge >= 0.3 is 5.97 Å². The molecular formula is C11H21NO5S. The zero-order valence-corrected chi connectivity index (χ0v) is 11.2. The Labute approximate surface area is 108 Å². The van der Waals surface area contributed by atoms with Crippen LogP contribution in [0.4, 0.5) is 0 Å². The Balaban J connectivity index is 2.54. The van der Waals surface area contributed by atoms with Gasteiger partial charge in [-0.05, 0) is 25.7 Å². The lowest BCUT2D eigenvalue weighted by Gasteiger charge is -2.36. The molecule has 0 bridgehead atoms. The van der Waals surface area contributed by atoms with Crippen molar-refractivity contribution in [2.75, 3.05) is 18.9 Å². The Bertz CT molecular complexity index is 364. The van der Waals surface area contributed by atoms with Crippen molar-refractivity contribution in [3.63, 3.8) is 0 Å². The first-order valence-electron chi connectivity index (χ1n) is 6.29. The van der Waals surface area contributed by atoms with Gasteiger partial charge in [0.1, 0.15) is 0 Å². The molecule has 1 rings (SSSR count). The van der Waals surface area contributed by atoms with E-state index >= 15 is 0 Å². The molecule has 0 atom stereocenters. The fraction of sp³-hybridized carbons (Fsp3) is 0.909. The van der Waals surface area contributed by atoms with E-state index in [1.54, 1.807) is 0 Å². The predicted molar refractivity (Wildman–Crippen MR) is 66.7 cm³/mol. The molecule has 0 aromatic rings. The second kappa shape index (κ2) is 7.06. The molecule has 1 aliphatic rings. The van der Waals surface area contributed by atoms with Crippen LogP contribution in [0.2, 0.25) is 0 Å². The molecule has 0 aromatic heterocycles. The number of aliphatic hydroxyl groups is 1. The van der Waals surface area contributed by atoms with E-state index in [-0.39, 0.29) is 31.2 Å². The standard InChI is InChI=1S/C11H21NO5S/c13-8-3-7-12(10-4-1-5-10)18(16,17)9-2-6-11(14)15/h10,13H,1-9H2,(H,14,15). The highest BCUT2D eigenvalue weighted by atomic mass is 32.2. The summed E-state index contributed by atoms with van der Waals surface area (Å²) in [5.41, 5.74) is 0. The number of carbonyl (C=O) groups is 1. The van der Waals surface area contributed by atoms with Gasteiger partial charge in [0.15, 0.2) is 0 Å². The number of carboxylic acids is 1. The van der Waals surface area contributed by atoms with Gasteiger partial charge in [0.05, 0.1) is 5.75 Å². The van der Waals surface area contributed by atoms with Crippen LogP contribution in [0.3, 0.4) is 0 Å². The molecule has 0 aromatic carbocycles. The van der Waals surface area contributed by atoms with E-state index in [2.05, 4.69) is 0 Å². The molecule has 7 heteroatoms. The highest BCUT2D eigenvalue weighted by Crippen LogP contribution is 2.27. The highest BCUT2D eigenvalue weighted by Gasteiger charge is 2.32. The zero-order valence-electron chi connectivity index (χ0n) is 10.4. The van der Waals surface area contributed by atoms with E-state index in [4.69, 9.17) is 10.2 Å². The smallest absolute Gasteiger partial charge is 0.303 e. The van der Waals surface area contributed by atoms with Crippen LogP contribution in [-0.2, 0) is 14.8 Å². The number of aliphatic carboxylic acids is 1. The van der Waals surface area contributed by atoms with E-state index in [0.29, 0.717) is 13.0 Å². The van der Waals surface area contributed by atoms with Crippen molar-refractivity contribution in [2.45, 2.75) is 44.6 Å². The molecule has 18 heavy (non-hydrogen) atoms. The fourth-order valence-electron chi connectivity index (χ4n) is 1.97. The summed E-state index contributed by atoms with van der Waals surface area (Å²) in [6.07, 6.45) is 3.20. The first kappa shape index (κ1) is 15.4.